The van der Waals surface area contributed by atoms with Crippen LogP contribution >= 0.6 is 0 Å². The van der Waals surface area contributed by atoms with Gasteiger partial charge in [-0.25, -0.2) is 0 Å². The highest BCUT2D eigenvalue weighted by Gasteiger charge is 2.54. The van der Waals surface area contributed by atoms with E-state index in [1.54, 1.807) is 0 Å². The number of nitrogens with one attached hydrogen (secondary N) is 1. The molecule has 4 heteroatoms. The molecule has 2 fully saturated rings. The van der Waals surface area contributed by atoms with Gasteiger partial charge in [-0.2, -0.15) is 0 Å². The summed E-state index contributed by atoms with van der Waals surface area (Å²) in [6, 6.07) is 0. The number of carbonyl (C=O) groups is 2. The maximum atomic E-state index is 12.0. The topological polar surface area (TPSA) is 49.4 Å². The third-order valence-corrected chi connectivity index (χ3v) is 3.83. The summed E-state index contributed by atoms with van der Waals surface area (Å²) < 4.78 is 0. The lowest BCUT2D eigenvalue weighted by atomic mass is 9.89. The normalized spacial score (nSPS) is 30.5. The molecule has 0 spiro atoms. The van der Waals surface area contributed by atoms with Gasteiger partial charge >= 0.3 is 0 Å². The molecule has 1 heterocycles. The van der Waals surface area contributed by atoms with Crippen LogP contribution in [0.15, 0.2) is 0 Å². The van der Waals surface area contributed by atoms with Gasteiger partial charge < -0.3 is 10.2 Å². The molecule has 4 nitrogen and oxygen atoms in total. The summed E-state index contributed by atoms with van der Waals surface area (Å²) in [6.07, 6.45) is 4.16. The molecule has 0 aromatic carbocycles. The molecule has 1 aliphatic carbocycles. The Morgan fingerprint density at radius 1 is 1.44 bits per heavy atom. The van der Waals surface area contributed by atoms with Crippen molar-refractivity contribution in [2.45, 2.75) is 45.1 Å². The van der Waals surface area contributed by atoms with Crippen LogP contribution in [0.5, 0.6) is 0 Å². The molecule has 2 amide bonds. The SMILES string of the molecule is CCCCN1C(=O)CNC(=O)C1(C)C1CC1. The molecule has 2 aliphatic rings. The summed E-state index contributed by atoms with van der Waals surface area (Å²) in [5.74, 6) is 0.474. The highest BCUT2D eigenvalue weighted by atomic mass is 16.2. The predicted octanol–water partition coefficient (Wildman–Crippen LogP) is 0.914. The van der Waals surface area contributed by atoms with Crippen LogP contribution in [-0.4, -0.2) is 35.3 Å². The van der Waals surface area contributed by atoms with Gasteiger partial charge in [-0.05, 0) is 32.1 Å². The van der Waals surface area contributed by atoms with E-state index < -0.39 is 5.54 Å². The number of hydrogen-bond acceptors (Lipinski definition) is 2. The van der Waals surface area contributed by atoms with E-state index >= 15 is 0 Å². The lowest BCUT2D eigenvalue weighted by Gasteiger charge is -2.44. The van der Waals surface area contributed by atoms with Crippen LogP contribution in [0.1, 0.15) is 39.5 Å². The number of hydrogen-bond donors (Lipinski definition) is 1. The highest BCUT2D eigenvalue weighted by molar-refractivity contribution is 5.98. The number of nitrogens with zero attached hydrogens (tertiary/aromatic N) is 1. The molecular formula is C12H20N2O2. The number of piperazine rings is 1. The first-order valence-electron chi connectivity index (χ1n) is 6.19. The molecule has 1 aliphatic heterocycles. The molecule has 1 unspecified atom stereocenters. The number of carbonyl (C=O) groups excluding carboxylic acids is 2. The Kier molecular flexibility index (Phi) is 2.91. The quantitative estimate of drug-likeness (QED) is 0.771. The van der Waals surface area contributed by atoms with E-state index in [0.29, 0.717) is 5.92 Å². The summed E-state index contributed by atoms with van der Waals surface area (Å²) in [6.45, 7) is 4.91. The second-order valence-corrected chi connectivity index (χ2v) is 5.00. The van der Waals surface area contributed by atoms with Crippen molar-refractivity contribution in [3.8, 4) is 0 Å². The van der Waals surface area contributed by atoms with Crippen LogP contribution < -0.4 is 5.32 Å². The van der Waals surface area contributed by atoms with E-state index in [2.05, 4.69) is 12.2 Å². The molecular weight excluding hydrogens is 204 g/mol. The van der Waals surface area contributed by atoms with Gasteiger partial charge in [-0.1, -0.05) is 13.3 Å². The van der Waals surface area contributed by atoms with Crippen molar-refractivity contribution < 1.29 is 9.59 Å². The van der Waals surface area contributed by atoms with E-state index in [4.69, 9.17) is 0 Å². The Balaban J connectivity index is 2.19. The average Bonchev–Trinajstić information content (AvgIpc) is 3.08. The first kappa shape index (κ1) is 11.4. The van der Waals surface area contributed by atoms with E-state index in [1.165, 1.54) is 0 Å². The highest BCUT2D eigenvalue weighted by Crippen LogP contribution is 2.44. The van der Waals surface area contributed by atoms with E-state index in [1.807, 2.05) is 11.8 Å². The smallest absolute Gasteiger partial charge is 0.246 e. The average molecular weight is 224 g/mol. The fourth-order valence-electron chi connectivity index (χ4n) is 2.54. The zero-order valence-electron chi connectivity index (χ0n) is 10.1. The lowest BCUT2D eigenvalue weighted by molar-refractivity contribution is -0.154. The first-order chi connectivity index (χ1) is 7.60. The van der Waals surface area contributed by atoms with Crippen molar-refractivity contribution in [1.29, 1.82) is 0 Å². The van der Waals surface area contributed by atoms with Gasteiger partial charge in [0.1, 0.15) is 5.54 Å². The second-order valence-electron chi connectivity index (χ2n) is 5.00. The third-order valence-electron chi connectivity index (χ3n) is 3.83. The van der Waals surface area contributed by atoms with Gasteiger partial charge in [0.15, 0.2) is 0 Å². The molecule has 1 saturated heterocycles. The first-order valence-corrected chi connectivity index (χ1v) is 6.19. The molecule has 1 saturated carbocycles. The van der Waals surface area contributed by atoms with Crippen molar-refractivity contribution in [2.24, 2.45) is 5.92 Å². The molecule has 0 aromatic heterocycles. The Hall–Kier alpha value is -1.06. The van der Waals surface area contributed by atoms with Crippen LogP contribution in [0.25, 0.3) is 0 Å². The van der Waals surface area contributed by atoms with Crippen LogP contribution in [0.2, 0.25) is 0 Å². The summed E-state index contributed by atoms with van der Waals surface area (Å²) in [5.41, 5.74) is -0.579. The summed E-state index contributed by atoms with van der Waals surface area (Å²) >= 11 is 0. The standard InChI is InChI=1S/C12H20N2O2/c1-3-4-7-14-10(15)8-13-11(16)12(14,2)9-5-6-9/h9H,3-8H2,1-2H3,(H,13,16). The van der Waals surface area contributed by atoms with Gasteiger partial charge in [-0.15, -0.1) is 0 Å². The predicted molar refractivity (Wildman–Crippen MR) is 60.8 cm³/mol. The minimum absolute atomic E-state index is 0.0331. The van der Waals surface area contributed by atoms with Crippen molar-refractivity contribution in [2.75, 3.05) is 13.1 Å². The Morgan fingerprint density at radius 2 is 2.12 bits per heavy atom. The Morgan fingerprint density at radius 3 is 2.69 bits per heavy atom. The maximum absolute atomic E-state index is 12.0. The summed E-state index contributed by atoms with van der Waals surface area (Å²) in [4.78, 5) is 25.7. The van der Waals surface area contributed by atoms with Gasteiger partial charge in [0.25, 0.3) is 0 Å². The zero-order valence-corrected chi connectivity index (χ0v) is 10.1. The van der Waals surface area contributed by atoms with Gasteiger partial charge in [0, 0.05) is 6.54 Å². The van der Waals surface area contributed by atoms with E-state index in [-0.39, 0.29) is 18.4 Å². The summed E-state index contributed by atoms with van der Waals surface area (Å²) in [7, 11) is 0. The number of unbranched alkanes of at least 4 members (excludes halogenated alkanes) is 1. The Bertz CT molecular complexity index is 312. The van der Waals surface area contributed by atoms with Crippen molar-refractivity contribution >= 4 is 11.8 Å². The second kappa shape index (κ2) is 4.07. The molecule has 1 N–H and O–H groups in total. The minimum Gasteiger partial charge on any atom is -0.345 e. The number of amides is 2. The molecule has 0 aromatic rings. The van der Waals surface area contributed by atoms with Crippen molar-refractivity contribution in [3.05, 3.63) is 0 Å². The van der Waals surface area contributed by atoms with Gasteiger partial charge in [0.05, 0.1) is 6.54 Å². The number of rotatable bonds is 4. The molecule has 0 bridgehead atoms. The van der Waals surface area contributed by atoms with Crippen LogP contribution in [0.4, 0.5) is 0 Å². The lowest BCUT2D eigenvalue weighted by Crippen LogP contribution is -2.67. The fourth-order valence-corrected chi connectivity index (χ4v) is 2.54. The monoisotopic (exact) mass is 224 g/mol. The Labute approximate surface area is 96.4 Å². The van der Waals surface area contributed by atoms with Crippen LogP contribution in [0.3, 0.4) is 0 Å². The summed E-state index contributed by atoms with van der Waals surface area (Å²) in [5, 5.41) is 2.72. The van der Waals surface area contributed by atoms with Gasteiger partial charge in [0.2, 0.25) is 11.8 Å². The maximum Gasteiger partial charge on any atom is 0.246 e. The largest absolute Gasteiger partial charge is 0.345 e. The molecule has 90 valence electrons. The van der Waals surface area contributed by atoms with Crippen LogP contribution in [0, 0.1) is 5.92 Å². The van der Waals surface area contributed by atoms with Crippen molar-refractivity contribution in [3.63, 3.8) is 0 Å². The van der Waals surface area contributed by atoms with Crippen molar-refractivity contribution in [1.82, 2.24) is 10.2 Å². The third kappa shape index (κ3) is 1.70. The fraction of sp³-hybridized carbons (Fsp3) is 0.833. The van der Waals surface area contributed by atoms with Gasteiger partial charge in [-0.3, -0.25) is 9.59 Å². The molecule has 16 heavy (non-hydrogen) atoms. The van der Waals surface area contributed by atoms with Crippen LogP contribution in [-0.2, 0) is 9.59 Å². The molecule has 2 rings (SSSR count). The van der Waals surface area contributed by atoms with E-state index in [9.17, 15) is 9.59 Å². The minimum atomic E-state index is -0.579. The zero-order chi connectivity index (χ0) is 11.8. The molecule has 1 atom stereocenters. The van der Waals surface area contributed by atoms with E-state index in [0.717, 1.165) is 32.2 Å². The molecule has 0 radical (unpaired) electrons.